The predicted octanol–water partition coefficient (Wildman–Crippen LogP) is 3.85. The van der Waals surface area contributed by atoms with Gasteiger partial charge in [0.15, 0.2) is 0 Å². The molecule has 0 amide bonds. The molecule has 0 radical (unpaired) electrons. The highest BCUT2D eigenvalue weighted by molar-refractivity contribution is 9.08. The number of hydrogen-bond acceptors (Lipinski definition) is 2. The van der Waals surface area contributed by atoms with Gasteiger partial charge in [0, 0.05) is 29.1 Å². The Morgan fingerprint density at radius 2 is 2.35 bits per heavy atom. The third-order valence-electron chi connectivity index (χ3n) is 3.14. The monoisotopic (exact) mass is 317 g/mol. The van der Waals surface area contributed by atoms with Crippen LogP contribution in [0.15, 0.2) is 18.2 Å². The molecular weight excluding hydrogens is 302 g/mol. The minimum atomic E-state index is 0.346. The molecule has 1 aliphatic rings. The van der Waals surface area contributed by atoms with E-state index in [-0.39, 0.29) is 0 Å². The SMILES string of the molecule is CCC1CN(c2ccc(CBr)c(Cl)c2)CCO1. The second kappa shape index (κ2) is 6.07. The molecule has 2 nitrogen and oxygen atoms in total. The first kappa shape index (κ1) is 13.2. The highest BCUT2D eigenvalue weighted by Gasteiger charge is 2.19. The molecule has 0 bridgehead atoms. The van der Waals surface area contributed by atoms with Crippen molar-refractivity contribution in [3.63, 3.8) is 0 Å². The summed E-state index contributed by atoms with van der Waals surface area (Å²) in [5, 5.41) is 1.63. The summed E-state index contributed by atoms with van der Waals surface area (Å²) in [7, 11) is 0. The lowest BCUT2D eigenvalue weighted by molar-refractivity contribution is 0.0384. The van der Waals surface area contributed by atoms with Crippen molar-refractivity contribution in [2.24, 2.45) is 0 Å². The molecule has 0 saturated carbocycles. The summed E-state index contributed by atoms with van der Waals surface area (Å²) in [6.45, 7) is 4.87. The largest absolute Gasteiger partial charge is 0.375 e. The predicted molar refractivity (Wildman–Crippen MR) is 76.3 cm³/mol. The third-order valence-corrected chi connectivity index (χ3v) is 4.10. The lowest BCUT2D eigenvalue weighted by atomic mass is 10.1. The zero-order valence-electron chi connectivity index (χ0n) is 9.96. The van der Waals surface area contributed by atoms with E-state index in [1.807, 2.05) is 0 Å². The van der Waals surface area contributed by atoms with Crippen molar-refractivity contribution in [3.8, 4) is 0 Å². The quantitative estimate of drug-likeness (QED) is 0.785. The Balaban J connectivity index is 2.13. The molecule has 1 aromatic carbocycles. The van der Waals surface area contributed by atoms with Gasteiger partial charge < -0.3 is 9.64 Å². The van der Waals surface area contributed by atoms with E-state index in [0.717, 1.165) is 42.0 Å². The highest BCUT2D eigenvalue weighted by atomic mass is 79.9. The normalized spacial score (nSPS) is 20.6. The molecule has 1 aromatic rings. The van der Waals surface area contributed by atoms with Crippen molar-refractivity contribution in [3.05, 3.63) is 28.8 Å². The van der Waals surface area contributed by atoms with Gasteiger partial charge in [-0.3, -0.25) is 0 Å². The highest BCUT2D eigenvalue weighted by Crippen LogP contribution is 2.26. The van der Waals surface area contributed by atoms with E-state index < -0.39 is 0 Å². The standard InChI is InChI=1S/C13H17BrClNO/c1-2-12-9-16(5-6-17-12)11-4-3-10(8-14)13(15)7-11/h3-4,7,12H,2,5-6,8-9H2,1H3. The summed E-state index contributed by atoms with van der Waals surface area (Å²) in [5.41, 5.74) is 2.33. The van der Waals surface area contributed by atoms with Crippen LogP contribution in [0, 0.1) is 0 Å². The number of nitrogens with zero attached hydrogens (tertiary/aromatic N) is 1. The molecule has 1 saturated heterocycles. The molecule has 1 atom stereocenters. The molecule has 1 heterocycles. The first-order valence-electron chi connectivity index (χ1n) is 5.95. The summed E-state index contributed by atoms with van der Waals surface area (Å²) < 4.78 is 5.67. The van der Waals surface area contributed by atoms with Crippen LogP contribution in [0.2, 0.25) is 5.02 Å². The van der Waals surface area contributed by atoms with Gasteiger partial charge in [-0.15, -0.1) is 0 Å². The third kappa shape index (κ3) is 3.15. The fraction of sp³-hybridized carbons (Fsp3) is 0.538. The van der Waals surface area contributed by atoms with E-state index in [1.54, 1.807) is 0 Å². The topological polar surface area (TPSA) is 12.5 Å². The summed E-state index contributed by atoms with van der Waals surface area (Å²) in [5.74, 6) is 0. The average Bonchev–Trinajstić information content (AvgIpc) is 2.38. The molecule has 94 valence electrons. The van der Waals surface area contributed by atoms with Crippen LogP contribution in [0.5, 0.6) is 0 Å². The maximum absolute atomic E-state index is 6.23. The Labute approximate surface area is 116 Å². The summed E-state index contributed by atoms with van der Waals surface area (Å²) >= 11 is 9.66. The Morgan fingerprint density at radius 1 is 1.53 bits per heavy atom. The van der Waals surface area contributed by atoms with Gasteiger partial charge in [-0.05, 0) is 24.1 Å². The lowest BCUT2D eigenvalue weighted by Crippen LogP contribution is -2.42. The van der Waals surface area contributed by atoms with E-state index >= 15 is 0 Å². The van der Waals surface area contributed by atoms with Gasteiger partial charge in [0.05, 0.1) is 12.7 Å². The molecule has 0 aliphatic carbocycles. The van der Waals surface area contributed by atoms with Crippen molar-refractivity contribution >= 4 is 33.2 Å². The molecule has 4 heteroatoms. The van der Waals surface area contributed by atoms with Crippen LogP contribution in [-0.4, -0.2) is 25.8 Å². The molecule has 1 unspecified atom stereocenters. The van der Waals surface area contributed by atoms with Crippen LogP contribution in [0.4, 0.5) is 5.69 Å². The smallest absolute Gasteiger partial charge is 0.0748 e. The number of ether oxygens (including phenoxy) is 1. The second-order valence-corrected chi connectivity index (χ2v) is 5.22. The molecule has 1 aliphatic heterocycles. The van der Waals surface area contributed by atoms with Crippen molar-refractivity contribution in [1.82, 2.24) is 0 Å². The van der Waals surface area contributed by atoms with E-state index in [4.69, 9.17) is 16.3 Å². The van der Waals surface area contributed by atoms with Crippen LogP contribution in [-0.2, 0) is 10.1 Å². The molecule has 0 aromatic heterocycles. The van der Waals surface area contributed by atoms with Crippen LogP contribution < -0.4 is 4.90 Å². The minimum absolute atomic E-state index is 0.346. The minimum Gasteiger partial charge on any atom is -0.375 e. The van der Waals surface area contributed by atoms with E-state index in [2.05, 4.69) is 46.0 Å². The number of benzene rings is 1. The Kier molecular flexibility index (Phi) is 4.71. The summed E-state index contributed by atoms with van der Waals surface area (Å²) in [6, 6.07) is 6.28. The van der Waals surface area contributed by atoms with Gasteiger partial charge in [-0.25, -0.2) is 0 Å². The van der Waals surface area contributed by atoms with E-state index in [9.17, 15) is 0 Å². The molecule has 17 heavy (non-hydrogen) atoms. The van der Waals surface area contributed by atoms with Crippen molar-refractivity contribution < 1.29 is 4.74 Å². The van der Waals surface area contributed by atoms with Crippen molar-refractivity contribution in [2.45, 2.75) is 24.8 Å². The second-order valence-electron chi connectivity index (χ2n) is 4.26. The van der Waals surface area contributed by atoms with Crippen LogP contribution in [0.1, 0.15) is 18.9 Å². The average molecular weight is 319 g/mol. The molecule has 0 spiro atoms. The first-order chi connectivity index (χ1) is 8.24. The fourth-order valence-electron chi connectivity index (χ4n) is 2.04. The van der Waals surface area contributed by atoms with Gasteiger partial charge in [0.1, 0.15) is 0 Å². The van der Waals surface area contributed by atoms with Gasteiger partial charge in [-0.1, -0.05) is 40.5 Å². The van der Waals surface area contributed by atoms with Gasteiger partial charge in [-0.2, -0.15) is 0 Å². The van der Waals surface area contributed by atoms with E-state index in [1.165, 1.54) is 5.69 Å². The van der Waals surface area contributed by atoms with Gasteiger partial charge in [0.2, 0.25) is 0 Å². The number of halogens is 2. The maximum Gasteiger partial charge on any atom is 0.0748 e. The number of morpholine rings is 1. The van der Waals surface area contributed by atoms with E-state index in [0.29, 0.717) is 6.10 Å². The lowest BCUT2D eigenvalue weighted by Gasteiger charge is -2.34. The Morgan fingerprint density at radius 3 is 3.00 bits per heavy atom. The number of rotatable bonds is 3. The Hall–Kier alpha value is -0.250. The van der Waals surface area contributed by atoms with Crippen molar-refractivity contribution in [1.29, 1.82) is 0 Å². The zero-order valence-corrected chi connectivity index (χ0v) is 12.3. The number of hydrogen-bond donors (Lipinski definition) is 0. The van der Waals surface area contributed by atoms with Crippen molar-refractivity contribution in [2.75, 3.05) is 24.6 Å². The van der Waals surface area contributed by atoms with Gasteiger partial charge >= 0.3 is 0 Å². The molecule has 1 fully saturated rings. The number of anilines is 1. The zero-order chi connectivity index (χ0) is 12.3. The van der Waals surface area contributed by atoms with Crippen LogP contribution in [0.3, 0.4) is 0 Å². The number of alkyl halides is 1. The fourth-order valence-corrected chi connectivity index (χ4v) is 2.93. The molecule has 2 rings (SSSR count). The summed E-state index contributed by atoms with van der Waals surface area (Å²) in [4.78, 5) is 2.35. The van der Waals surface area contributed by atoms with Gasteiger partial charge in [0.25, 0.3) is 0 Å². The van der Waals surface area contributed by atoms with Crippen LogP contribution in [0.25, 0.3) is 0 Å². The molecule has 0 N–H and O–H groups in total. The summed E-state index contributed by atoms with van der Waals surface area (Å²) in [6.07, 6.45) is 1.40. The van der Waals surface area contributed by atoms with Crippen LogP contribution >= 0.6 is 27.5 Å². The maximum atomic E-state index is 6.23. The Bertz CT molecular complexity index is 386. The first-order valence-corrected chi connectivity index (χ1v) is 7.45. The molecular formula is C13H17BrClNO.